The number of aliphatic hydroxyl groups excluding tert-OH is 4. The maximum atomic E-state index is 14.7. The molecule has 0 amide bonds. The molecular weight excluding hydrogens is 437 g/mol. The summed E-state index contributed by atoms with van der Waals surface area (Å²) in [5.74, 6) is -0.00369. The number of aliphatic hydroxyl groups is 4. The summed E-state index contributed by atoms with van der Waals surface area (Å²) in [4.78, 5) is 1.14. The maximum absolute atomic E-state index is 14.7. The van der Waals surface area contributed by atoms with Crippen molar-refractivity contribution in [2.75, 3.05) is 13.7 Å². The Balaban J connectivity index is 1.84. The molecule has 1 aliphatic rings. The van der Waals surface area contributed by atoms with Crippen LogP contribution < -0.4 is 4.74 Å². The number of hydrogen-bond acceptors (Lipinski definition) is 7. The van der Waals surface area contributed by atoms with Crippen molar-refractivity contribution in [3.8, 4) is 5.75 Å². The zero-order valence-corrected chi connectivity index (χ0v) is 18.7. The van der Waals surface area contributed by atoms with Gasteiger partial charge in [0.15, 0.2) is 6.23 Å². The Labute approximate surface area is 189 Å². The van der Waals surface area contributed by atoms with E-state index in [1.807, 2.05) is 26.0 Å². The van der Waals surface area contributed by atoms with E-state index in [9.17, 15) is 24.8 Å². The van der Waals surface area contributed by atoms with Gasteiger partial charge in [-0.2, -0.15) is 0 Å². The third-order valence-corrected chi connectivity index (χ3v) is 6.93. The summed E-state index contributed by atoms with van der Waals surface area (Å²) < 4.78 is 27.2. The molecular formula is C23H26FNO6S. The van der Waals surface area contributed by atoms with Crippen molar-refractivity contribution < 1.29 is 34.3 Å². The summed E-state index contributed by atoms with van der Waals surface area (Å²) in [5, 5.41) is 41.5. The topological polar surface area (TPSA) is 104 Å². The molecule has 1 saturated heterocycles. The van der Waals surface area contributed by atoms with Crippen molar-refractivity contribution in [2.45, 2.75) is 54.3 Å². The minimum atomic E-state index is -1.50. The number of benzene rings is 2. The highest BCUT2D eigenvalue weighted by atomic mass is 32.2. The quantitative estimate of drug-likeness (QED) is 0.461. The largest absolute Gasteiger partial charge is 0.497 e. The summed E-state index contributed by atoms with van der Waals surface area (Å²) in [7, 11) is 1.47. The lowest BCUT2D eigenvalue weighted by molar-refractivity contribution is -0.250. The lowest BCUT2D eigenvalue weighted by Crippen LogP contribution is -2.56. The summed E-state index contributed by atoms with van der Waals surface area (Å²) in [6, 6.07) is 8.53. The third-order valence-electron chi connectivity index (χ3n) is 5.85. The van der Waals surface area contributed by atoms with Crippen LogP contribution >= 0.6 is 11.8 Å². The smallest absolute Gasteiger partial charge is 0.163 e. The van der Waals surface area contributed by atoms with Crippen molar-refractivity contribution >= 4 is 22.7 Å². The second-order valence-electron chi connectivity index (χ2n) is 7.94. The molecule has 3 aromatic rings. The van der Waals surface area contributed by atoms with Crippen LogP contribution in [0.4, 0.5) is 4.39 Å². The van der Waals surface area contributed by atoms with E-state index in [0.717, 1.165) is 26.9 Å². The first kappa shape index (κ1) is 23.0. The van der Waals surface area contributed by atoms with Crippen LogP contribution in [0.2, 0.25) is 0 Å². The van der Waals surface area contributed by atoms with E-state index in [4.69, 9.17) is 9.47 Å². The molecule has 32 heavy (non-hydrogen) atoms. The highest BCUT2D eigenvalue weighted by Crippen LogP contribution is 2.42. The molecule has 4 rings (SSSR count). The van der Waals surface area contributed by atoms with E-state index >= 15 is 0 Å². The lowest BCUT2D eigenvalue weighted by Gasteiger charge is -2.40. The number of aromatic nitrogens is 1. The summed E-state index contributed by atoms with van der Waals surface area (Å²) >= 11 is 1.23. The minimum absolute atomic E-state index is 0.402. The number of nitrogens with zero attached hydrogens (tertiary/aromatic N) is 1. The van der Waals surface area contributed by atoms with Crippen LogP contribution in [0.5, 0.6) is 5.75 Å². The fourth-order valence-electron chi connectivity index (χ4n) is 4.10. The van der Waals surface area contributed by atoms with Gasteiger partial charge < -0.3 is 34.5 Å². The standard InChI is InChI=1S/C23H26FNO6S/c1-11-4-5-12(2)19-18(11)17(32-16-7-6-13(30-3)8-14(16)24)9-25(19)23-22(29)21(28)20(27)15(10-26)31-23/h4-9,15,20-23,26-29H,10H2,1-3H3/t15-,20-,21+,22-,23-/m1/s1. The predicted octanol–water partition coefficient (Wildman–Crippen LogP) is 2.53. The Morgan fingerprint density at radius 3 is 2.41 bits per heavy atom. The molecule has 0 radical (unpaired) electrons. The number of halogens is 1. The summed E-state index contributed by atoms with van der Waals surface area (Å²) in [5.41, 5.74) is 2.60. The third kappa shape index (κ3) is 3.89. The van der Waals surface area contributed by atoms with Gasteiger partial charge in [0.1, 0.15) is 36.0 Å². The van der Waals surface area contributed by atoms with Gasteiger partial charge in [0.2, 0.25) is 0 Å². The van der Waals surface area contributed by atoms with Crippen LogP contribution in [0, 0.1) is 19.7 Å². The van der Waals surface area contributed by atoms with E-state index < -0.39 is 43.1 Å². The van der Waals surface area contributed by atoms with E-state index in [1.165, 1.54) is 24.9 Å². The average Bonchev–Trinajstić information content (AvgIpc) is 3.16. The number of hydrogen-bond donors (Lipinski definition) is 4. The molecule has 172 valence electrons. The highest BCUT2D eigenvalue weighted by Gasteiger charge is 2.44. The van der Waals surface area contributed by atoms with Gasteiger partial charge in [-0.1, -0.05) is 23.9 Å². The van der Waals surface area contributed by atoms with Crippen molar-refractivity contribution in [1.29, 1.82) is 0 Å². The lowest BCUT2D eigenvalue weighted by atomic mass is 9.98. The van der Waals surface area contributed by atoms with E-state index in [1.54, 1.807) is 22.9 Å². The second kappa shape index (κ2) is 9.01. The fourth-order valence-corrected chi connectivity index (χ4v) is 5.15. The zero-order valence-electron chi connectivity index (χ0n) is 17.9. The van der Waals surface area contributed by atoms with Crippen molar-refractivity contribution in [2.24, 2.45) is 0 Å². The van der Waals surface area contributed by atoms with Crippen LogP contribution in [0.15, 0.2) is 46.3 Å². The predicted molar refractivity (Wildman–Crippen MR) is 118 cm³/mol. The SMILES string of the molecule is COc1ccc(Sc2cn([C@@H]3O[C@H](CO)[C@@H](O)[C@H](O)[C@H]3O)c3c(C)ccc(C)c23)c(F)c1. The number of aryl methyl sites for hydroxylation is 2. The maximum Gasteiger partial charge on any atom is 0.163 e. The molecule has 1 aliphatic heterocycles. The Morgan fingerprint density at radius 1 is 1.03 bits per heavy atom. The number of rotatable bonds is 5. The Morgan fingerprint density at radius 2 is 1.75 bits per heavy atom. The molecule has 2 heterocycles. The van der Waals surface area contributed by atoms with Gasteiger partial charge in [-0.25, -0.2) is 4.39 Å². The molecule has 7 nitrogen and oxygen atoms in total. The molecule has 5 atom stereocenters. The Hall–Kier alpha value is -2.14. The van der Waals surface area contributed by atoms with E-state index in [0.29, 0.717) is 10.6 Å². The fraction of sp³-hybridized carbons (Fsp3) is 0.391. The molecule has 0 unspecified atom stereocenters. The summed E-state index contributed by atoms with van der Waals surface area (Å²) in [6.45, 7) is 3.33. The van der Waals surface area contributed by atoms with Gasteiger partial charge in [0.05, 0.1) is 19.2 Å². The van der Waals surface area contributed by atoms with Gasteiger partial charge in [0, 0.05) is 27.4 Å². The van der Waals surface area contributed by atoms with Gasteiger partial charge in [0.25, 0.3) is 0 Å². The first-order chi connectivity index (χ1) is 15.3. The molecule has 0 bridgehead atoms. The molecule has 4 N–H and O–H groups in total. The molecule has 1 fully saturated rings. The second-order valence-corrected chi connectivity index (χ2v) is 9.03. The Bertz CT molecular complexity index is 1130. The van der Waals surface area contributed by atoms with E-state index in [2.05, 4.69) is 0 Å². The molecule has 9 heteroatoms. The van der Waals surface area contributed by atoms with Crippen molar-refractivity contribution in [3.63, 3.8) is 0 Å². The molecule has 1 aromatic heterocycles. The summed E-state index contributed by atoms with van der Waals surface area (Å²) in [6.07, 6.45) is -4.72. The zero-order chi connectivity index (χ0) is 23.2. The van der Waals surface area contributed by atoms with Crippen molar-refractivity contribution in [1.82, 2.24) is 4.57 Å². The Kier molecular flexibility index (Phi) is 6.49. The van der Waals surface area contributed by atoms with Crippen LogP contribution in [-0.2, 0) is 4.74 Å². The van der Waals surface area contributed by atoms with Crippen LogP contribution in [-0.4, -0.2) is 63.1 Å². The van der Waals surface area contributed by atoms with Crippen molar-refractivity contribution in [3.05, 3.63) is 53.5 Å². The monoisotopic (exact) mass is 463 g/mol. The number of fused-ring (bicyclic) bond motifs is 1. The molecule has 0 saturated carbocycles. The van der Waals surface area contributed by atoms with Gasteiger partial charge in [-0.15, -0.1) is 0 Å². The van der Waals surface area contributed by atoms with Crippen LogP contribution in [0.3, 0.4) is 0 Å². The van der Waals surface area contributed by atoms with Gasteiger partial charge >= 0.3 is 0 Å². The molecule has 2 aromatic carbocycles. The molecule has 0 spiro atoms. The normalized spacial score (nSPS) is 25.9. The van der Waals surface area contributed by atoms with Crippen LogP contribution in [0.1, 0.15) is 17.4 Å². The number of methoxy groups -OCH3 is 1. The van der Waals surface area contributed by atoms with Crippen LogP contribution in [0.25, 0.3) is 10.9 Å². The average molecular weight is 464 g/mol. The van der Waals surface area contributed by atoms with Gasteiger partial charge in [-0.05, 0) is 37.1 Å². The minimum Gasteiger partial charge on any atom is -0.497 e. The van der Waals surface area contributed by atoms with Gasteiger partial charge in [-0.3, -0.25) is 0 Å². The first-order valence-electron chi connectivity index (χ1n) is 10.2. The number of ether oxygens (including phenoxy) is 2. The highest BCUT2D eigenvalue weighted by molar-refractivity contribution is 7.99. The van der Waals surface area contributed by atoms with E-state index in [-0.39, 0.29) is 0 Å². The molecule has 0 aliphatic carbocycles. The first-order valence-corrected chi connectivity index (χ1v) is 11.0.